The Kier molecular flexibility index (Phi) is 4.92. The number of aromatic nitrogens is 3. The Morgan fingerprint density at radius 2 is 2.18 bits per heavy atom. The molecular weight excluding hydrogens is 258 g/mol. The normalized spacial score (nSPS) is 10.5. The minimum Gasteiger partial charge on any atom is -0.375 e. The van der Waals surface area contributed by atoms with Gasteiger partial charge in [0.1, 0.15) is 5.82 Å². The molecule has 17 heavy (non-hydrogen) atoms. The summed E-state index contributed by atoms with van der Waals surface area (Å²) in [6.45, 7) is 1.67. The zero-order valence-electron chi connectivity index (χ0n) is 9.83. The van der Waals surface area contributed by atoms with Gasteiger partial charge in [-0.3, -0.25) is 4.90 Å². The van der Waals surface area contributed by atoms with Gasteiger partial charge in [-0.15, -0.1) is 23.7 Å². The third-order valence-electron chi connectivity index (χ3n) is 2.33. The molecule has 0 aliphatic heterocycles. The molecule has 5 nitrogen and oxygen atoms in total. The summed E-state index contributed by atoms with van der Waals surface area (Å²) in [5, 5.41) is 0.625. The van der Waals surface area contributed by atoms with Crippen LogP contribution >= 0.6 is 23.7 Å². The summed E-state index contributed by atoms with van der Waals surface area (Å²) < 4.78 is 2.03. The monoisotopic (exact) mass is 273 g/mol. The van der Waals surface area contributed by atoms with Crippen molar-refractivity contribution in [3.63, 3.8) is 0 Å². The van der Waals surface area contributed by atoms with E-state index in [1.165, 1.54) is 16.2 Å². The van der Waals surface area contributed by atoms with Crippen LogP contribution in [0.4, 0.5) is 5.13 Å². The topological polar surface area (TPSA) is 60.0 Å². The van der Waals surface area contributed by atoms with Crippen LogP contribution in [-0.4, -0.2) is 26.5 Å². The predicted octanol–water partition coefficient (Wildman–Crippen LogP) is 1.51. The second-order valence-electron chi connectivity index (χ2n) is 3.79. The molecule has 0 bridgehead atoms. The van der Waals surface area contributed by atoms with Gasteiger partial charge in [-0.2, -0.15) is 0 Å². The highest BCUT2D eigenvalue weighted by atomic mass is 35.5. The number of anilines is 1. The Hall–Kier alpha value is -1.11. The molecule has 0 aromatic carbocycles. The number of hydrogen-bond donors (Lipinski definition) is 1. The van der Waals surface area contributed by atoms with Crippen LogP contribution in [0.3, 0.4) is 0 Å². The van der Waals surface area contributed by atoms with Crippen LogP contribution in [0.15, 0.2) is 18.6 Å². The second kappa shape index (κ2) is 6.00. The molecule has 0 atom stereocenters. The summed E-state index contributed by atoms with van der Waals surface area (Å²) >= 11 is 1.53. The third kappa shape index (κ3) is 3.69. The summed E-state index contributed by atoms with van der Waals surface area (Å²) in [7, 11) is 4.06. The molecule has 2 heterocycles. The van der Waals surface area contributed by atoms with Gasteiger partial charge in [0.2, 0.25) is 0 Å². The summed E-state index contributed by atoms with van der Waals surface area (Å²) in [5.74, 6) is 1.06. The lowest BCUT2D eigenvalue weighted by molar-refractivity contribution is 0.309. The SMILES string of the molecule is CN(Cc1cnc(N)s1)Cc1nccn1C.Cl. The van der Waals surface area contributed by atoms with Gasteiger partial charge in [0, 0.05) is 37.1 Å². The molecule has 94 valence electrons. The van der Waals surface area contributed by atoms with Crippen LogP contribution in [0.2, 0.25) is 0 Å². The molecule has 0 spiro atoms. The molecule has 0 saturated heterocycles. The van der Waals surface area contributed by atoms with Crippen molar-refractivity contribution in [1.82, 2.24) is 19.4 Å². The maximum atomic E-state index is 5.59. The highest BCUT2D eigenvalue weighted by molar-refractivity contribution is 7.15. The van der Waals surface area contributed by atoms with Crippen molar-refractivity contribution in [2.24, 2.45) is 7.05 Å². The number of aryl methyl sites for hydroxylation is 1. The van der Waals surface area contributed by atoms with E-state index in [1.807, 2.05) is 30.2 Å². The Balaban J connectivity index is 0.00000144. The number of imidazole rings is 1. The van der Waals surface area contributed by atoms with E-state index in [1.54, 1.807) is 0 Å². The third-order valence-corrected chi connectivity index (χ3v) is 3.14. The zero-order chi connectivity index (χ0) is 11.5. The van der Waals surface area contributed by atoms with Crippen LogP contribution in [0, 0.1) is 0 Å². The lowest BCUT2D eigenvalue weighted by Crippen LogP contribution is -2.18. The van der Waals surface area contributed by atoms with Crippen molar-refractivity contribution in [1.29, 1.82) is 0 Å². The first kappa shape index (κ1) is 14.0. The Morgan fingerprint density at radius 3 is 2.71 bits per heavy atom. The van der Waals surface area contributed by atoms with Gasteiger partial charge < -0.3 is 10.3 Å². The molecule has 0 unspecified atom stereocenters. The molecule has 0 amide bonds. The average Bonchev–Trinajstić information content (AvgIpc) is 2.77. The summed E-state index contributed by atoms with van der Waals surface area (Å²) in [4.78, 5) is 11.7. The maximum Gasteiger partial charge on any atom is 0.180 e. The summed E-state index contributed by atoms with van der Waals surface area (Å²) in [6, 6.07) is 0. The quantitative estimate of drug-likeness (QED) is 0.917. The van der Waals surface area contributed by atoms with E-state index in [2.05, 4.69) is 21.9 Å². The highest BCUT2D eigenvalue weighted by Gasteiger charge is 2.07. The Bertz CT molecular complexity index is 467. The summed E-state index contributed by atoms with van der Waals surface area (Å²) in [5.41, 5.74) is 5.59. The van der Waals surface area contributed by atoms with Crippen LogP contribution in [0.1, 0.15) is 10.7 Å². The van der Waals surface area contributed by atoms with Crippen molar-refractivity contribution in [2.45, 2.75) is 13.1 Å². The average molecular weight is 274 g/mol. The molecular formula is C10H16ClN5S. The molecule has 2 aromatic rings. The fourth-order valence-corrected chi connectivity index (χ4v) is 2.27. The summed E-state index contributed by atoms with van der Waals surface area (Å²) in [6.07, 6.45) is 5.59. The van der Waals surface area contributed by atoms with E-state index in [0.717, 1.165) is 18.9 Å². The second-order valence-corrected chi connectivity index (χ2v) is 4.94. The molecule has 0 fully saturated rings. The molecule has 0 radical (unpaired) electrons. The fourth-order valence-electron chi connectivity index (χ4n) is 1.51. The van der Waals surface area contributed by atoms with Crippen molar-refractivity contribution in [3.8, 4) is 0 Å². The lowest BCUT2D eigenvalue weighted by atomic mass is 10.4. The standard InChI is InChI=1S/C10H15N5S.ClH/c1-14(6-8-5-13-10(11)16-8)7-9-12-3-4-15(9)2;/h3-5H,6-7H2,1-2H3,(H2,11,13);1H. The molecule has 0 saturated carbocycles. The van der Waals surface area contributed by atoms with Crippen molar-refractivity contribution in [2.75, 3.05) is 12.8 Å². The fraction of sp³-hybridized carbons (Fsp3) is 0.400. The minimum absolute atomic E-state index is 0. The molecule has 2 aromatic heterocycles. The van der Waals surface area contributed by atoms with Crippen molar-refractivity contribution < 1.29 is 0 Å². The molecule has 0 aliphatic carbocycles. The number of halogens is 1. The number of hydrogen-bond acceptors (Lipinski definition) is 5. The van der Waals surface area contributed by atoms with Crippen LogP contribution in [0.25, 0.3) is 0 Å². The van der Waals surface area contributed by atoms with Gasteiger partial charge in [-0.1, -0.05) is 0 Å². The van der Waals surface area contributed by atoms with E-state index in [0.29, 0.717) is 5.13 Å². The predicted molar refractivity (Wildman–Crippen MR) is 72.2 cm³/mol. The van der Waals surface area contributed by atoms with Gasteiger partial charge in [0.05, 0.1) is 6.54 Å². The molecule has 2 rings (SSSR count). The van der Waals surface area contributed by atoms with Gasteiger partial charge in [-0.05, 0) is 7.05 Å². The first-order valence-electron chi connectivity index (χ1n) is 5.00. The Morgan fingerprint density at radius 1 is 1.41 bits per heavy atom. The van der Waals surface area contributed by atoms with E-state index >= 15 is 0 Å². The number of thiazole rings is 1. The van der Waals surface area contributed by atoms with E-state index in [9.17, 15) is 0 Å². The molecule has 7 heteroatoms. The Labute approximate surface area is 111 Å². The smallest absolute Gasteiger partial charge is 0.180 e. The molecule has 0 aliphatic rings. The van der Waals surface area contributed by atoms with Crippen LogP contribution < -0.4 is 5.73 Å². The first-order chi connectivity index (χ1) is 7.65. The zero-order valence-corrected chi connectivity index (χ0v) is 11.5. The van der Waals surface area contributed by atoms with Crippen molar-refractivity contribution >= 4 is 28.9 Å². The number of nitrogens with zero attached hydrogens (tertiary/aromatic N) is 4. The number of nitrogen functional groups attached to an aromatic ring is 1. The van der Waals surface area contributed by atoms with Gasteiger partial charge in [0.25, 0.3) is 0 Å². The first-order valence-corrected chi connectivity index (χ1v) is 5.81. The number of rotatable bonds is 4. The highest BCUT2D eigenvalue weighted by Crippen LogP contribution is 2.16. The van der Waals surface area contributed by atoms with E-state index in [4.69, 9.17) is 5.73 Å². The van der Waals surface area contributed by atoms with Crippen LogP contribution in [0.5, 0.6) is 0 Å². The van der Waals surface area contributed by atoms with E-state index < -0.39 is 0 Å². The lowest BCUT2D eigenvalue weighted by Gasteiger charge is -2.14. The number of nitrogens with two attached hydrogens (primary N) is 1. The van der Waals surface area contributed by atoms with E-state index in [-0.39, 0.29) is 12.4 Å². The van der Waals surface area contributed by atoms with Gasteiger partial charge in [-0.25, -0.2) is 9.97 Å². The minimum atomic E-state index is 0. The van der Waals surface area contributed by atoms with Gasteiger partial charge in [0.15, 0.2) is 5.13 Å². The molecule has 2 N–H and O–H groups in total. The van der Waals surface area contributed by atoms with Crippen molar-refractivity contribution in [3.05, 3.63) is 29.3 Å². The maximum absolute atomic E-state index is 5.59. The van der Waals surface area contributed by atoms with Gasteiger partial charge >= 0.3 is 0 Å². The largest absolute Gasteiger partial charge is 0.375 e. The van der Waals surface area contributed by atoms with Crippen LogP contribution in [-0.2, 0) is 20.1 Å².